The number of carbonyl (C=O) groups excluding carboxylic acids is 1. The molecule has 4 nitrogen and oxygen atoms in total. The molecule has 21 heavy (non-hydrogen) atoms. The average Bonchev–Trinajstić information content (AvgIpc) is 2.79. The quantitative estimate of drug-likeness (QED) is 0.877. The maximum Gasteiger partial charge on any atom is 0.303 e. The Kier molecular flexibility index (Phi) is 4.71. The summed E-state index contributed by atoms with van der Waals surface area (Å²) in [6.07, 6.45) is 3.80. The molecule has 1 heterocycles. The van der Waals surface area contributed by atoms with E-state index < -0.39 is 11.5 Å². The third-order valence-electron chi connectivity index (χ3n) is 3.97. The van der Waals surface area contributed by atoms with Crippen LogP contribution in [0.5, 0.6) is 0 Å². The lowest BCUT2D eigenvalue weighted by Crippen LogP contribution is -2.43. The first kappa shape index (κ1) is 16.0. The second-order valence-electron chi connectivity index (χ2n) is 6.64. The standard InChI is InChI=1S/C16H23NO3S/c1-10-4-5-12-11(8-10)9-13(21-12)15(20)17-16(2,3)7-6-14(18)19/h9-10H,4-8H2,1-3H3,(H,17,20)(H,18,19). The minimum atomic E-state index is -0.835. The Labute approximate surface area is 129 Å². The molecule has 0 bridgehead atoms. The summed E-state index contributed by atoms with van der Waals surface area (Å²) in [6, 6.07) is 2.01. The highest BCUT2D eigenvalue weighted by atomic mass is 32.1. The molecule has 2 rings (SSSR count). The highest BCUT2D eigenvalue weighted by Gasteiger charge is 2.25. The Morgan fingerprint density at radius 3 is 2.86 bits per heavy atom. The van der Waals surface area contributed by atoms with Gasteiger partial charge in [0, 0.05) is 16.8 Å². The van der Waals surface area contributed by atoms with Crippen molar-refractivity contribution in [1.29, 1.82) is 0 Å². The van der Waals surface area contributed by atoms with E-state index in [4.69, 9.17) is 5.11 Å². The van der Waals surface area contributed by atoms with Gasteiger partial charge in [0.2, 0.25) is 0 Å². The van der Waals surface area contributed by atoms with Crippen LogP contribution in [0, 0.1) is 5.92 Å². The van der Waals surface area contributed by atoms with Gasteiger partial charge in [-0.05, 0) is 57.1 Å². The van der Waals surface area contributed by atoms with Crippen LogP contribution in [-0.2, 0) is 17.6 Å². The van der Waals surface area contributed by atoms with E-state index in [1.807, 2.05) is 19.9 Å². The van der Waals surface area contributed by atoms with Gasteiger partial charge in [-0.15, -0.1) is 11.3 Å². The fourth-order valence-corrected chi connectivity index (χ4v) is 3.77. The van der Waals surface area contributed by atoms with Crippen molar-refractivity contribution >= 4 is 23.2 Å². The van der Waals surface area contributed by atoms with Crippen LogP contribution in [0.2, 0.25) is 0 Å². The van der Waals surface area contributed by atoms with Gasteiger partial charge >= 0.3 is 5.97 Å². The molecule has 2 N–H and O–H groups in total. The van der Waals surface area contributed by atoms with Crippen LogP contribution in [-0.4, -0.2) is 22.5 Å². The van der Waals surface area contributed by atoms with Gasteiger partial charge in [-0.2, -0.15) is 0 Å². The van der Waals surface area contributed by atoms with Gasteiger partial charge in [-0.25, -0.2) is 0 Å². The van der Waals surface area contributed by atoms with Crippen LogP contribution in [0.1, 0.15) is 60.1 Å². The summed E-state index contributed by atoms with van der Waals surface area (Å²) in [5.74, 6) is -0.231. The second kappa shape index (κ2) is 6.18. The zero-order valence-electron chi connectivity index (χ0n) is 12.9. The van der Waals surface area contributed by atoms with Gasteiger partial charge in [0.1, 0.15) is 0 Å². The van der Waals surface area contributed by atoms with E-state index in [-0.39, 0.29) is 12.3 Å². The summed E-state index contributed by atoms with van der Waals surface area (Å²) in [7, 11) is 0. The van der Waals surface area contributed by atoms with Gasteiger partial charge < -0.3 is 10.4 Å². The molecular formula is C16H23NO3S. The molecule has 116 valence electrons. The van der Waals surface area contributed by atoms with E-state index in [2.05, 4.69) is 12.2 Å². The molecule has 0 saturated heterocycles. The molecule has 0 spiro atoms. The first-order valence-corrected chi connectivity index (χ1v) is 8.24. The van der Waals surface area contributed by atoms with E-state index in [9.17, 15) is 9.59 Å². The summed E-state index contributed by atoms with van der Waals surface area (Å²) >= 11 is 1.58. The van der Waals surface area contributed by atoms with Crippen LogP contribution in [0.4, 0.5) is 0 Å². The van der Waals surface area contributed by atoms with Gasteiger partial charge in [0.15, 0.2) is 0 Å². The van der Waals surface area contributed by atoms with E-state index in [1.165, 1.54) is 16.9 Å². The molecule has 0 aliphatic heterocycles. The monoisotopic (exact) mass is 309 g/mol. The fraction of sp³-hybridized carbons (Fsp3) is 0.625. The van der Waals surface area contributed by atoms with Crippen molar-refractivity contribution in [2.75, 3.05) is 0 Å². The molecular weight excluding hydrogens is 286 g/mol. The number of nitrogens with one attached hydrogen (secondary N) is 1. The van der Waals surface area contributed by atoms with Crippen molar-refractivity contribution < 1.29 is 14.7 Å². The number of carboxylic acid groups (broad SMARTS) is 1. The molecule has 0 saturated carbocycles. The van der Waals surface area contributed by atoms with Crippen LogP contribution >= 0.6 is 11.3 Å². The number of hydrogen-bond acceptors (Lipinski definition) is 3. The Morgan fingerprint density at radius 1 is 1.48 bits per heavy atom. The highest BCUT2D eigenvalue weighted by Crippen LogP contribution is 2.32. The van der Waals surface area contributed by atoms with Crippen LogP contribution in [0.15, 0.2) is 6.07 Å². The largest absolute Gasteiger partial charge is 0.481 e. The first-order valence-electron chi connectivity index (χ1n) is 7.43. The molecule has 1 aromatic rings. The van der Waals surface area contributed by atoms with E-state index in [0.29, 0.717) is 12.3 Å². The minimum Gasteiger partial charge on any atom is -0.481 e. The van der Waals surface area contributed by atoms with Gasteiger partial charge in [-0.1, -0.05) is 6.92 Å². The molecule has 5 heteroatoms. The van der Waals surface area contributed by atoms with Gasteiger partial charge in [-0.3, -0.25) is 9.59 Å². The molecule has 1 amide bonds. The SMILES string of the molecule is CC1CCc2sc(C(=O)NC(C)(C)CCC(=O)O)cc2C1. The number of rotatable bonds is 5. The predicted octanol–water partition coefficient (Wildman–Crippen LogP) is 3.25. The van der Waals surface area contributed by atoms with E-state index in [0.717, 1.165) is 17.7 Å². The number of thiophene rings is 1. The summed E-state index contributed by atoms with van der Waals surface area (Å²) in [5.41, 5.74) is 0.806. The van der Waals surface area contributed by atoms with E-state index in [1.54, 1.807) is 11.3 Å². The molecule has 0 fully saturated rings. The summed E-state index contributed by atoms with van der Waals surface area (Å²) in [4.78, 5) is 25.1. The Balaban J connectivity index is 2.02. The zero-order chi connectivity index (χ0) is 15.6. The smallest absolute Gasteiger partial charge is 0.303 e. The van der Waals surface area contributed by atoms with Crippen molar-refractivity contribution in [3.05, 3.63) is 21.4 Å². The number of hydrogen-bond donors (Lipinski definition) is 2. The summed E-state index contributed by atoms with van der Waals surface area (Å²) in [5, 5.41) is 11.7. The average molecular weight is 309 g/mol. The van der Waals surface area contributed by atoms with Crippen molar-refractivity contribution in [3.63, 3.8) is 0 Å². The normalized spacial score (nSPS) is 18.1. The van der Waals surface area contributed by atoms with Crippen LogP contribution < -0.4 is 5.32 Å². The van der Waals surface area contributed by atoms with Crippen LogP contribution in [0.3, 0.4) is 0 Å². The summed E-state index contributed by atoms with van der Waals surface area (Å²) in [6.45, 7) is 5.97. The van der Waals surface area contributed by atoms with Gasteiger partial charge in [0.25, 0.3) is 5.91 Å². The van der Waals surface area contributed by atoms with E-state index >= 15 is 0 Å². The molecule has 1 aliphatic carbocycles. The third-order valence-corrected chi connectivity index (χ3v) is 5.20. The third kappa shape index (κ3) is 4.30. The number of aliphatic carboxylic acids is 1. The molecule has 1 aromatic heterocycles. The molecule has 0 aromatic carbocycles. The fourth-order valence-electron chi connectivity index (χ4n) is 2.67. The van der Waals surface area contributed by atoms with Gasteiger partial charge in [0.05, 0.1) is 4.88 Å². The molecule has 1 aliphatic rings. The lowest BCUT2D eigenvalue weighted by Gasteiger charge is -2.25. The second-order valence-corrected chi connectivity index (χ2v) is 7.78. The summed E-state index contributed by atoms with van der Waals surface area (Å²) < 4.78 is 0. The Morgan fingerprint density at radius 2 is 2.19 bits per heavy atom. The molecule has 0 radical (unpaired) electrons. The number of aryl methyl sites for hydroxylation is 1. The lowest BCUT2D eigenvalue weighted by atomic mass is 9.90. The van der Waals surface area contributed by atoms with Crippen molar-refractivity contribution in [2.45, 2.75) is 58.4 Å². The topological polar surface area (TPSA) is 66.4 Å². The molecule has 1 unspecified atom stereocenters. The maximum absolute atomic E-state index is 12.4. The van der Waals surface area contributed by atoms with Crippen molar-refractivity contribution in [1.82, 2.24) is 5.32 Å². The number of fused-ring (bicyclic) bond motifs is 1. The highest BCUT2D eigenvalue weighted by molar-refractivity contribution is 7.14. The minimum absolute atomic E-state index is 0.0612. The number of amides is 1. The number of carbonyl (C=O) groups is 2. The van der Waals surface area contributed by atoms with Crippen LogP contribution in [0.25, 0.3) is 0 Å². The predicted molar refractivity (Wildman–Crippen MR) is 83.9 cm³/mol. The first-order chi connectivity index (χ1) is 9.77. The van der Waals surface area contributed by atoms with Crippen molar-refractivity contribution in [2.24, 2.45) is 5.92 Å². The maximum atomic E-state index is 12.4. The van der Waals surface area contributed by atoms with Crippen molar-refractivity contribution in [3.8, 4) is 0 Å². The lowest BCUT2D eigenvalue weighted by molar-refractivity contribution is -0.137. The number of carboxylic acids is 1. The zero-order valence-corrected chi connectivity index (χ0v) is 13.7. The Hall–Kier alpha value is -1.36. The molecule has 1 atom stereocenters. The Bertz CT molecular complexity index is 548.